The van der Waals surface area contributed by atoms with Gasteiger partial charge in [-0.15, -0.1) is 0 Å². The van der Waals surface area contributed by atoms with Crippen LogP contribution in [-0.4, -0.2) is 30.1 Å². The number of carbonyl (C=O) groups is 1. The molecule has 1 heterocycles. The Labute approximate surface area is 127 Å². The van der Waals surface area contributed by atoms with Gasteiger partial charge in [0.25, 0.3) is 0 Å². The smallest absolute Gasteiger partial charge is 0.340 e. The Kier molecular flexibility index (Phi) is 6.99. The third-order valence-electron chi connectivity index (χ3n) is 3.36. The second-order valence-corrected chi connectivity index (χ2v) is 5.31. The summed E-state index contributed by atoms with van der Waals surface area (Å²) in [6.45, 7) is 9.37. The van der Waals surface area contributed by atoms with Crippen LogP contribution in [0.2, 0.25) is 0 Å². The molecule has 1 rings (SSSR count). The number of hydrogen-bond donors (Lipinski definition) is 1. The van der Waals surface area contributed by atoms with Gasteiger partial charge >= 0.3 is 5.97 Å². The molecule has 1 aromatic heterocycles. The third-order valence-corrected chi connectivity index (χ3v) is 3.36. The molecule has 0 spiro atoms. The number of esters is 1. The van der Waals surface area contributed by atoms with E-state index in [1.165, 1.54) is 6.42 Å². The molecule has 2 N–H and O–H groups in total. The van der Waals surface area contributed by atoms with Crippen molar-refractivity contribution in [3.05, 3.63) is 17.8 Å². The number of carbonyl (C=O) groups excluding carboxylic acids is 1. The molecule has 118 valence electrons. The van der Waals surface area contributed by atoms with Crippen LogP contribution in [0, 0.1) is 0 Å². The molecule has 0 atom stereocenters. The van der Waals surface area contributed by atoms with Crippen molar-refractivity contribution in [2.45, 2.75) is 53.0 Å². The number of aromatic nitrogens is 1. The van der Waals surface area contributed by atoms with Gasteiger partial charge in [-0.05, 0) is 33.3 Å². The zero-order valence-corrected chi connectivity index (χ0v) is 13.6. The van der Waals surface area contributed by atoms with E-state index in [0.29, 0.717) is 23.7 Å². The zero-order valence-electron chi connectivity index (χ0n) is 13.6. The molecule has 1 aromatic rings. The molecule has 0 fully saturated rings. The second-order valence-electron chi connectivity index (χ2n) is 5.31. The largest absolute Gasteiger partial charge is 0.462 e. The van der Waals surface area contributed by atoms with Gasteiger partial charge in [-0.1, -0.05) is 19.8 Å². The average molecular weight is 293 g/mol. The lowest BCUT2D eigenvalue weighted by molar-refractivity contribution is 0.0527. The molecule has 0 aromatic carbocycles. The third kappa shape index (κ3) is 4.62. The molecule has 0 aliphatic rings. The van der Waals surface area contributed by atoms with Crippen molar-refractivity contribution in [1.82, 2.24) is 4.98 Å². The molecule has 21 heavy (non-hydrogen) atoms. The Morgan fingerprint density at radius 3 is 2.67 bits per heavy atom. The van der Waals surface area contributed by atoms with Gasteiger partial charge in [0.1, 0.15) is 0 Å². The highest BCUT2D eigenvalue weighted by Crippen LogP contribution is 2.26. The van der Waals surface area contributed by atoms with Crippen LogP contribution in [0.1, 0.15) is 57.3 Å². The zero-order chi connectivity index (χ0) is 15.8. The van der Waals surface area contributed by atoms with Gasteiger partial charge in [-0.2, -0.15) is 0 Å². The number of nitrogens with zero attached hydrogens (tertiary/aromatic N) is 2. The topological polar surface area (TPSA) is 68.5 Å². The van der Waals surface area contributed by atoms with Crippen molar-refractivity contribution in [2.75, 3.05) is 23.8 Å². The molecule has 5 nitrogen and oxygen atoms in total. The van der Waals surface area contributed by atoms with Gasteiger partial charge in [0.15, 0.2) is 5.82 Å². The standard InChI is InChI=1S/C16H27N3O2/c1-5-7-8-11-19(12(3)4)15-14(17)13(9-10-18-15)16(20)21-6-2/h9-10,12H,5-8,11,17H2,1-4H3. The fourth-order valence-electron chi connectivity index (χ4n) is 2.22. The van der Waals surface area contributed by atoms with Gasteiger partial charge in [0, 0.05) is 18.8 Å². The monoisotopic (exact) mass is 293 g/mol. The number of nitrogen functional groups attached to an aromatic ring is 1. The van der Waals surface area contributed by atoms with Gasteiger partial charge in [0.05, 0.1) is 17.9 Å². The van der Waals surface area contributed by atoms with E-state index in [1.807, 2.05) is 0 Å². The molecule has 5 heteroatoms. The molecular formula is C16H27N3O2. The van der Waals surface area contributed by atoms with Gasteiger partial charge < -0.3 is 15.4 Å². The summed E-state index contributed by atoms with van der Waals surface area (Å²) in [4.78, 5) is 18.4. The van der Waals surface area contributed by atoms with E-state index >= 15 is 0 Å². The number of ether oxygens (including phenoxy) is 1. The van der Waals surface area contributed by atoms with E-state index in [0.717, 1.165) is 19.4 Å². The Bertz CT molecular complexity index is 461. The minimum absolute atomic E-state index is 0.272. The number of pyridine rings is 1. The van der Waals surface area contributed by atoms with Crippen molar-refractivity contribution in [3.63, 3.8) is 0 Å². The summed E-state index contributed by atoms with van der Waals surface area (Å²) in [5.74, 6) is 0.280. The second kappa shape index (κ2) is 8.49. The maximum Gasteiger partial charge on any atom is 0.340 e. The Morgan fingerprint density at radius 2 is 2.10 bits per heavy atom. The lowest BCUT2D eigenvalue weighted by Crippen LogP contribution is -2.33. The van der Waals surface area contributed by atoms with E-state index in [4.69, 9.17) is 10.5 Å². The fraction of sp³-hybridized carbons (Fsp3) is 0.625. The molecule has 0 amide bonds. The van der Waals surface area contributed by atoms with Crippen LogP contribution in [0.5, 0.6) is 0 Å². The first-order valence-electron chi connectivity index (χ1n) is 7.71. The normalized spacial score (nSPS) is 10.7. The van der Waals surface area contributed by atoms with Crippen LogP contribution in [-0.2, 0) is 4.74 Å². The summed E-state index contributed by atoms with van der Waals surface area (Å²) in [5, 5.41) is 0. The highest BCUT2D eigenvalue weighted by molar-refractivity contribution is 5.97. The molecular weight excluding hydrogens is 266 g/mol. The minimum atomic E-state index is -0.393. The van der Waals surface area contributed by atoms with E-state index in [-0.39, 0.29) is 6.04 Å². The van der Waals surface area contributed by atoms with E-state index in [2.05, 4.69) is 30.7 Å². The molecule has 0 bridgehead atoms. The molecule has 0 saturated heterocycles. The van der Waals surface area contributed by atoms with E-state index in [1.54, 1.807) is 19.2 Å². The lowest BCUT2D eigenvalue weighted by atomic mass is 10.1. The maximum absolute atomic E-state index is 11.9. The van der Waals surface area contributed by atoms with E-state index < -0.39 is 5.97 Å². The van der Waals surface area contributed by atoms with Crippen LogP contribution in [0.4, 0.5) is 11.5 Å². The predicted octanol–water partition coefficient (Wildman–Crippen LogP) is 3.25. The first kappa shape index (κ1) is 17.3. The van der Waals surface area contributed by atoms with Crippen LogP contribution in [0.25, 0.3) is 0 Å². The summed E-state index contributed by atoms with van der Waals surface area (Å²) in [5.41, 5.74) is 6.95. The molecule has 0 radical (unpaired) electrons. The predicted molar refractivity (Wildman–Crippen MR) is 86.6 cm³/mol. The Morgan fingerprint density at radius 1 is 1.38 bits per heavy atom. The minimum Gasteiger partial charge on any atom is -0.462 e. The summed E-state index contributed by atoms with van der Waals surface area (Å²) < 4.78 is 5.04. The first-order valence-corrected chi connectivity index (χ1v) is 7.71. The van der Waals surface area contributed by atoms with Crippen molar-refractivity contribution in [3.8, 4) is 0 Å². The molecule has 0 aliphatic carbocycles. The molecule has 0 saturated carbocycles. The van der Waals surface area contributed by atoms with Crippen molar-refractivity contribution >= 4 is 17.5 Å². The van der Waals surface area contributed by atoms with Gasteiger partial charge in [-0.25, -0.2) is 9.78 Å². The van der Waals surface area contributed by atoms with E-state index in [9.17, 15) is 4.79 Å². The summed E-state index contributed by atoms with van der Waals surface area (Å²) in [7, 11) is 0. The van der Waals surface area contributed by atoms with Crippen molar-refractivity contribution in [1.29, 1.82) is 0 Å². The van der Waals surface area contributed by atoms with Crippen molar-refractivity contribution < 1.29 is 9.53 Å². The summed E-state index contributed by atoms with van der Waals surface area (Å²) >= 11 is 0. The lowest BCUT2D eigenvalue weighted by Gasteiger charge is -2.29. The number of rotatable bonds is 8. The van der Waals surface area contributed by atoms with Gasteiger partial charge in [-0.3, -0.25) is 0 Å². The highest BCUT2D eigenvalue weighted by atomic mass is 16.5. The number of anilines is 2. The number of nitrogens with two attached hydrogens (primary N) is 1. The van der Waals surface area contributed by atoms with Gasteiger partial charge in [0.2, 0.25) is 0 Å². The fourth-order valence-corrected chi connectivity index (χ4v) is 2.22. The average Bonchev–Trinajstić information content (AvgIpc) is 2.44. The van der Waals surface area contributed by atoms with Crippen LogP contribution >= 0.6 is 0 Å². The maximum atomic E-state index is 11.9. The van der Waals surface area contributed by atoms with Crippen LogP contribution in [0.3, 0.4) is 0 Å². The number of hydrogen-bond acceptors (Lipinski definition) is 5. The Balaban J connectivity index is 3.03. The number of unbranched alkanes of at least 4 members (excludes halogenated alkanes) is 2. The van der Waals surface area contributed by atoms with Crippen LogP contribution in [0.15, 0.2) is 12.3 Å². The summed E-state index contributed by atoms with van der Waals surface area (Å²) in [6, 6.07) is 1.88. The van der Waals surface area contributed by atoms with Crippen LogP contribution < -0.4 is 10.6 Å². The molecule has 0 unspecified atom stereocenters. The first-order chi connectivity index (χ1) is 10.0. The molecule has 0 aliphatic heterocycles. The quantitative estimate of drug-likeness (QED) is 0.588. The Hall–Kier alpha value is -1.78. The SMILES string of the molecule is CCCCCN(c1nccc(C(=O)OCC)c1N)C(C)C. The van der Waals surface area contributed by atoms with Crippen molar-refractivity contribution in [2.24, 2.45) is 0 Å². The highest BCUT2D eigenvalue weighted by Gasteiger charge is 2.20. The summed E-state index contributed by atoms with van der Waals surface area (Å²) in [6.07, 6.45) is 5.03.